The van der Waals surface area contributed by atoms with Crippen molar-refractivity contribution in [2.75, 3.05) is 19.8 Å². The second-order valence-corrected chi connectivity index (χ2v) is 4.41. The highest BCUT2D eigenvalue weighted by Gasteiger charge is 2.33. The third kappa shape index (κ3) is 1.50. The van der Waals surface area contributed by atoms with E-state index in [1.165, 1.54) is 19.4 Å². The van der Waals surface area contributed by atoms with Gasteiger partial charge in [-0.05, 0) is 39.2 Å². The third-order valence-electron chi connectivity index (χ3n) is 3.20. The molecule has 0 amide bonds. The van der Waals surface area contributed by atoms with E-state index in [2.05, 4.69) is 18.7 Å². The molecule has 2 fully saturated rings. The molecule has 2 bridgehead atoms. The quantitative estimate of drug-likeness (QED) is 0.590. The predicted molar refractivity (Wildman–Crippen MR) is 49.2 cm³/mol. The number of nitrogens with zero attached hydrogens (tertiary/aromatic N) is 1. The summed E-state index contributed by atoms with van der Waals surface area (Å²) in [5.41, 5.74) is 0. The fourth-order valence-corrected chi connectivity index (χ4v) is 2.52. The molecule has 2 unspecified atom stereocenters. The van der Waals surface area contributed by atoms with Crippen molar-refractivity contribution in [3.05, 3.63) is 0 Å². The van der Waals surface area contributed by atoms with E-state index < -0.39 is 0 Å². The zero-order valence-corrected chi connectivity index (χ0v) is 8.12. The van der Waals surface area contributed by atoms with Gasteiger partial charge >= 0.3 is 0 Å². The molecule has 2 aliphatic heterocycles. The Balaban J connectivity index is 1.99. The zero-order valence-electron chi connectivity index (χ0n) is 8.12. The number of fused-ring (bicyclic) bond motifs is 2. The highest BCUT2D eigenvalue weighted by atomic mass is 16.5. The van der Waals surface area contributed by atoms with Gasteiger partial charge < -0.3 is 4.74 Å². The van der Waals surface area contributed by atoms with Gasteiger partial charge in [0.2, 0.25) is 0 Å². The molecule has 2 nitrogen and oxygen atoms in total. The molecule has 0 aromatic heterocycles. The third-order valence-corrected chi connectivity index (χ3v) is 3.20. The lowest BCUT2D eigenvalue weighted by Crippen LogP contribution is -2.51. The minimum absolute atomic E-state index is 0.692. The number of rotatable bonds is 1. The minimum Gasteiger partial charge on any atom is -0.380 e. The van der Waals surface area contributed by atoms with E-state index in [0.717, 1.165) is 25.2 Å². The van der Waals surface area contributed by atoms with Crippen LogP contribution in [0.15, 0.2) is 0 Å². The fraction of sp³-hybridized carbons (Fsp3) is 1.00. The predicted octanol–water partition coefficient (Wildman–Crippen LogP) is 1.51. The molecule has 0 N–H and O–H groups in total. The Kier molecular flexibility index (Phi) is 2.37. The van der Waals surface area contributed by atoms with E-state index in [9.17, 15) is 0 Å². The first-order chi connectivity index (χ1) is 5.77. The smallest absolute Gasteiger partial charge is 0.0622 e. The molecule has 0 spiro atoms. The van der Waals surface area contributed by atoms with Crippen LogP contribution >= 0.6 is 0 Å². The Morgan fingerprint density at radius 2 is 2.17 bits per heavy atom. The maximum absolute atomic E-state index is 5.58. The van der Waals surface area contributed by atoms with E-state index in [4.69, 9.17) is 4.74 Å². The summed E-state index contributed by atoms with van der Waals surface area (Å²) >= 11 is 0. The SMILES string of the molecule is CC(C)N1CCC2COCC1C2. The summed E-state index contributed by atoms with van der Waals surface area (Å²) in [6.45, 7) is 7.84. The van der Waals surface area contributed by atoms with E-state index in [1.54, 1.807) is 0 Å². The van der Waals surface area contributed by atoms with Gasteiger partial charge in [-0.3, -0.25) is 4.90 Å². The van der Waals surface area contributed by atoms with Crippen molar-refractivity contribution in [3.8, 4) is 0 Å². The molecule has 70 valence electrons. The largest absolute Gasteiger partial charge is 0.380 e. The Morgan fingerprint density at radius 1 is 1.33 bits per heavy atom. The first kappa shape index (κ1) is 8.52. The number of ether oxygens (including phenoxy) is 1. The number of hydrogen-bond donors (Lipinski definition) is 0. The minimum atomic E-state index is 0.692. The van der Waals surface area contributed by atoms with Crippen LogP contribution in [0.2, 0.25) is 0 Å². The first-order valence-corrected chi connectivity index (χ1v) is 5.11. The van der Waals surface area contributed by atoms with Gasteiger partial charge in [-0.1, -0.05) is 0 Å². The van der Waals surface area contributed by atoms with Crippen molar-refractivity contribution in [2.45, 2.75) is 38.8 Å². The summed E-state index contributed by atoms with van der Waals surface area (Å²) in [4.78, 5) is 2.59. The molecule has 0 saturated carbocycles. The summed E-state index contributed by atoms with van der Waals surface area (Å²) in [5, 5.41) is 0. The molecule has 0 aliphatic carbocycles. The highest BCUT2D eigenvalue weighted by molar-refractivity contribution is 4.86. The van der Waals surface area contributed by atoms with Crippen molar-refractivity contribution in [3.63, 3.8) is 0 Å². The number of hydrogen-bond acceptors (Lipinski definition) is 2. The Labute approximate surface area is 74.9 Å². The van der Waals surface area contributed by atoms with Crippen LogP contribution in [-0.2, 0) is 4.74 Å². The standard InChI is InChI=1S/C10H19NO/c1-8(2)11-4-3-9-5-10(11)7-12-6-9/h8-10H,3-7H2,1-2H3. The second-order valence-electron chi connectivity index (χ2n) is 4.41. The van der Waals surface area contributed by atoms with Crippen molar-refractivity contribution in [2.24, 2.45) is 5.92 Å². The van der Waals surface area contributed by atoms with Crippen LogP contribution in [0.4, 0.5) is 0 Å². The van der Waals surface area contributed by atoms with Gasteiger partial charge in [0, 0.05) is 18.7 Å². The van der Waals surface area contributed by atoms with Crippen molar-refractivity contribution < 1.29 is 4.74 Å². The molecule has 2 rings (SSSR count). The first-order valence-electron chi connectivity index (χ1n) is 5.11. The Hall–Kier alpha value is -0.0800. The normalized spacial score (nSPS) is 37.2. The molecule has 0 radical (unpaired) electrons. The monoisotopic (exact) mass is 169 g/mol. The lowest BCUT2D eigenvalue weighted by Gasteiger charge is -2.44. The lowest BCUT2D eigenvalue weighted by atomic mass is 9.89. The van der Waals surface area contributed by atoms with Gasteiger partial charge in [0.25, 0.3) is 0 Å². The van der Waals surface area contributed by atoms with Crippen LogP contribution < -0.4 is 0 Å². The molecular weight excluding hydrogens is 150 g/mol. The summed E-state index contributed by atoms with van der Waals surface area (Å²) in [7, 11) is 0. The molecule has 0 aromatic carbocycles. The zero-order chi connectivity index (χ0) is 8.55. The molecule has 2 heteroatoms. The summed E-state index contributed by atoms with van der Waals surface area (Å²) < 4.78 is 5.58. The van der Waals surface area contributed by atoms with Gasteiger partial charge in [-0.15, -0.1) is 0 Å². The maximum Gasteiger partial charge on any atom is 0.0622 e. The van der Waals surface area contributed by atoms with Crippen LogP contribution in [0.1, 0.15) is 26.7 Å². The molecular formula is C10H19NO. The second kappa shape index (κ2) is 3.35. The molecule has 0 aromatic rings. The summed E-state index contributed by atoms with van der Waals surface area (Å²) in [5.74, 6) is 0.860. The number of likely N-dealkylation sites (tertiary alicyclic amines) is 1. The van der Waals surface area contributed by atoms with Crippen molar-refractivity contribution in [1.29, 1.82) is 0 Å². The summed E-state index contributed by atoms with van der Waals surface area (Å²) in [6.07, 6.45) is 2.72. The Bertz CT molecular complexity index is 158. The van der Waals surface area contributed by atoms with Crippen LogP contribution in [-0.4, -0.2) is 36.7 Å². The molecule has 2 atom stereocenters. The lowest BCUT2D eigenvalue weighted by molar-refractivity contribution is -0.0573. The van der Waals surface area contributed by atoms with Gasteiger partial charge in [0.05, 0.1) is 6.61 Å². The fourth-order valence-electron chi connectivity index (χ4n) is 2.52. The molecule has 2 saturated heterocycles. The highest BCUT2D eigenvalue weighted by Crippen LogP contribution is 2.28. The van der Waals surface area contributed by atoms with Crippen LogP contribution in [0.25, 0.3) is 0 Å². The molecule has 12 heavy (non-hydrogen) atoms. The average molecular weight is 169 g/mol. The van der Waals surface area contributed by atoms with Gasteiger partial charge in [0.1, 0.15) is 0 Å². The van der Waals surface area contributed by atoms with Crippen LogP contribution in [0, 0.1) is 5.92 Å². The van der Waals surface area contributed by atoms with Gasteiger partial charge in [-0.2, -0.15) is 0 Å². The molecule has 2 aliphatic rings. The topological polar surface area (TPSA) is 12.5 Å². The number of piperidine rings is 1. The van der Waals surface area contributed by atoms with Crippen molar-refractivity contribution >= 4 is 0 Å². The van der Waals surface area contributed by atoms with Crippen LogP contribution in [0.5, 0.6) is 0 Å². The summed E-state index contributed by atoms with van der Waals surface area (Å²) in [6, 6.07) is 1.41. The van der Waals surface area contributed by atoms with E-state index in [1.807, 2.05) is 0 Å². The van der Waals surface area contributed by atoms with E-state index >= 15 is 0 Å². The van der Waals surface area contributed by atoms with Crippen LogP contribution in [0.3, 0.4) is 0 Å². The van der Waals surface area contributed by atoms with Gasteiger partial charge in [0.15, 0.2) is 0 Å². The maximum atomic E-state index is 5.58. The van der Waals surface area contributed by atoms with Crippen molar-refractivity contribution in [1.82, 2.24) is 4.90 Å². The van der Waals surface area contributed by atoms with E-state index in [0.29, 0.717) is 6.04 Å². The molecule has 2 heterocycles. The Morgan fingerprint density at radius 3 is 2.92 bits per heavy atom. The average Bonchev–Trinajstić information content (AvgIpc) is 2.04. The van der Waals surface area contributed by atoms with Gasteiger partial charge in [-0.25, -0.2) is 0 Å². The van der Waals surface area contributed by atoms with E-state index in [-0.39, 0.29) is 0 Å².